The average molecular weight is 769 g/mol. The Balaban J connectivity index is 1.31. The third-order valence-corrected chi connectivity index (χ3v) is 12.0. The summed E-state index contributed by atoms with van der Waals surface area (Å²) >= 11 is 12.6. The van der Waals surface area contributed by atoms with Gasteiger partial charge in [0.25, 0.3) is 11.8 Å². The zero-order valence-electron chi connectivity index (χ0n) is 28.9. The molecule has 1 saturated carbocycles. The first-order chi connectivity index (χ1) is 25.9. The van der Waals surface area contributed by atoms with Gasteiger partial charge in [0.2, 0.25) is 11.8 Å². The van der Waals surface area contributed by atoms with Crippen molar-refractivity contribution >= 4 is 64.0 Å². The number of benzene rings is 4. The van der Waals surface area contributed by atoms with Crippen molar-refractivity contribution in [3.8, 4) is 11.5 Å². The second-order valence-corrected chi connectivity index (χ2v) is 14.9. The molecule has 2 aliphatic heterocycles. The third kappa shape index (κ3) is 5.24. The van der Waals surface area contributed by atoms with Crippen LogP contribution in [0.2, 0.25) is 10.0 Å². The molecule has 4 aliphatic rings. The molecule has 0 radical (unpaired) electrons. The summed E-state index contributed by atoms with van der Waals surface area (Å²) in [4.78, 5) is 71.8. The molecular weight excluding hydrogens is 736 g/mol. The molecule has 6 unspecified atom stereocenters. The number of fused-ring (bicyclic) bond motifs is 4. The van der Waals surface area contributed by atoms with Gasteiger partial charge in [-0.2, -0.15) is 5.01 Å². The van der Waals surface area contributed by atoms with Crippen molar-refractivity contribution < 1.29 is 38.2 Å². The minimum absolute atomic E-state index is 0.00331. The normalized spacial score (nSPS) is 25.9. The number of anilines is 2. The Morgan fingerprint density at radius 3 is 2.28 bits per heavy atom. The van der Waals surface area contributed by atoms with Crippen molar-refractivity contribution in [2.24, 2.45) is 23.7 Å². The fourth-order valence-corrected chi connectivity index (χ4v) is 9.47. The van der Waals surface area contributed by atoms with E-state index in [2.05, 4.69) is 5.43 Å². The molecule has 10 nitrogen and oxygen atoms in total. The van der Waals surface area contributed by atoms with Crippen LogP contribution < -0.4 is 15.1 Å². The molecular formula is C41H32Cl2FN3O7. The van der Waals surface area contributed by atoms with E-state index in [9.17, 15) is 24.3 Å². The number of aromatic hydroxyl groups is 1. The number of methoxy groups -OCH3 is 1. The Labute approximate surface area is 319 Å². The average Bonchev–Trinajstić information content (AvgIpc) is 3.54. The summed E-state index contributed by atoms with van der Waals surface area (Å²) in [5.41, 5.74) is 3.54. The standard InChI is InChI=1S/C41H32Cl2FN3O7/c1-20(48)21-3-9-25(10-4-21)46-37(50)28-14-13-27-29(35(28)39(46)52)19-30-38(51)47(45-33-15-8-24(42)18-31(33)43)40(53)41(30,23-6-11-26(54-2)12-7-23)36(27)22-5-16-34(49)32(44)17-22/h3-13,15-18,28-30,35-36,45,49H,14,19H2,1-2H3. The van der Waals surface area contributed by atoms with Crippen LogP contribution in [-0.2, 0) is 24.6 Å². The highest BCUT2D eigenvalue weighted by molar-refractivity contribution is 6.36. The van der Waals surface area contributed by atoms with Crippen molar-refractivity contribution in [3.63, 3.8) is 0 Å². The number of phenolic OH excluding ortho intramolecular Hbond substituents is 1. The van der Waals surface area contributed by atoms with Crippen LogP contribution in [0.15, 0.2) is 96.6 Å². The SMILES string of the molecule is COc1ccc(C23C(=O)N(Nc4ccc(Cl)cc4Cl)C(=O)C2CC2C(=CCC4C(=O)N(c5ccc(C(C)=O)cc5)C(=O)C42)C3c2ccc(O)c(F)c2)cc1. The fraction of sp³-hybridized carbons (Fsp3) is 0.244. The zero-order valence-corrected chi connectivity index (χ0v) is 30.4. The Kier molecular flexibility index (Phi) is 8.62. The summed E-state index contributed by atoms with van der Waals surface area (Å²) < 4.78 is 20.8. The molecule has 2 heterocycles. The molecule has 4 amide bonds. The number of rotatable bonds is 7. The Bertz CT molecular complexity index is 2310. The van der Waals surface area contributed by atoms with Crippen LogP contribution in [0.4, 0.5) is 15.8 Å². The van der Waals surface area contributed by atoms with Gasteiger partial charge < -0.3 is 9.84 Å². The Hall–Kier alpha value is -5.52. The van der Waals surface area contributed by atoms with Gasteiger partial charge in [0.05, 0.1) is 46.7 Å². The molecule has 54 heavy (non-hydrogen) atoms. The lowest BCUT2D eigenvalue weighted by Gasteiger charge is -2.50. The molecule has 13 heteroatoms. The van der Waals surface area contributed by atoms with E-state index in [1.807, 2.05) is 6.08 Å². The molecule has 0 spiro atoms. The van der Waals surface area contributed by atoms with Crippen LogP contribution in [0.25, 0.3) is 0 Å². The number of hydrogen-bond acceptors (Lipinski definition) is 8. The number of carbonyl (C=O) groups is 5. The number of ether oxygens (including phenoxy) is 1. The summed E-state index contributed by atoms with van der Waals surface area (Å²) in [7, 11) is 1.50. The number of carbonyl (C=O) groups excluding carboxylic acids is 5. The molecule has 4 aromatic rings. The molecule has 4 aromatic carbocycles. The Morgan fingerprint density at radius 1 is 0.907 bits per heavy atom. The van der Waals surface area contributed by atoms with E-state index in [1.54, 1.807) is 54.6 Å². The molecule has 2 aliphatic carbocycles. The Morgan fingerprint density at radius 2 is 1.63 bits per heavy atom. The fourth-order valence-electron chi connectivity index (χ4n) is 9.02. The number of halogens is 3. The van der Waals surface area contributed by atoms with Gasteiger partial charge in [-0.05, 0) is 104 Å². The van der Waals surface area contributed by atoms with E-state index < -0.39 is 70.2 Å². The quantitative estimate of drug-likeness (QED) is 0.114. The molecule has 8 rings (SSSR count). The van der Waals surface area contributed by atoms with Crippen LogP contribution in [-0.4, -0.2) is 46.6 Å². The first-order valence-corrected chi connectivity index (χ1v) is 18.0. The van der Waals surface area contributed by atoms with E-state index in [-0.39, 0.29) is 29.3 Å². The number of ketones is 1. The lowest BCUT2D eigenvalue weighted by Crippen LogP contribution is -2.53. The smallest absolute Gasteiger partial charge is 0.260 e. The molecule has 2 N–H and O–H groups in total. The molecule has 274 valence electrons. The maximum Gasteiger partial charge on any atom is 0.260 e. The first kappa shape index (κ1) is 35.5. The number of phenols is 1. The van der Waals surface area contributed by atoms with Crippen molar-refractivity contribution in [1.82, 2.24) is 5.01 Å². The number of hydrogen-bond donors (Lipinski definition) is 2. The summed E-state index contributed by atoms with van der Waals surface area (Å²) in [5, 5.41) is 11.7. The third-order valence-electron chi connectivity index (χ3n) is 11.4. The molecule has 0 aromatic heterocycles. The van der Waals surface area contributed by atoms with Gasteiger partial charge in [-0.1, -0.05) is 53.1 Å². The monoisotopic (exact) mass is 767 g/mol. The number of hydrazine groups is 1. The number of nitrogens with one attached hydrogen (secondary N) is 1. The highest BCUT2D eigenvalue weighted by atomic mass is 35.5. The minimum atomic E-state index is -1.69. The largest absolute Gasteiger partial charge is 0.505 e. The van der Waals surface area contributed by atoms with Crippen molar-refractivity contribution in [3.05, 3.63) is 129 Å². The number of imide groups is 2. The van der Waals surface area contributed by atoms with Gasteiger partial charge in [-0.15, -0.1) is 0 Å². The summed E-state index contributed by atoms with van der Waals surface area (Å²) in [6.45, 7) is 1.42. The van der Waals surface area contributed by atoms with Crippen LogP contribution in [0.1, 0.15) is 47.2 Å². The second kappa shape index (κ2) is 13.1. The number of amides is 4. The van der Waals surface area contributed by atoms with Crippen LogP contribution in [0, 0.1) is 29.5 Å². The number of nitrogens with zero attached hydrogens (tertiary/aromatic N) is 2. The lowest BCUT2D eigenvalue weighted by molar-refractivity contribution is -0.138. The molecule has 0 bridgehead atoms. The summed E-state index contributed by atoms with van der Waals surface area (Å²) in [6, 6.07) is 21.4. The second-order valence-electron chi connectivity index (χ2n) is 14.0. The number of Topliss-reactive ketones (excluding diaryl/α,β-unsaturated/α-hetero) is 1. The lowest BCUT2D eigenvalue weighted by atomic mass is 9.49. The van der Waals surface area contributed by atoms with Crippen molar-refractivity contribution in [2.75, 3.05) is 17.4 Å². The van der Waals surface area contributed by atoms with E-state index >= 15 is 9.18 Å². The number of allylic oxidation sites excluding steroid dienone is 2. The highest BCUT2D eigenvalue weighted by Gasteiger charge is 2.70. The van der Waals surface area contributed by atoms with Gasteiger partial charge in [0.1, 0.15) is 5.75 Å². The van der Waals surface area contributed by atoms with Gasteiger partial charge >= 0.3 is 0 Å². The van der Waals surface area contributed by atoms with E-state index in [0.717, 1.165) is 16.0 Å². The predicted molar refractivity (Wildman–Crippen MR) is 198 cm³/mol. The van der Waals surface area contributed by atoms with Gasteiger partial charge in [0.15, 0.2) is 17.3 Å². The maximum atomic E-state index is 15.4. The van der Waals surface area contributed by atoms with E-state index in [1.165, 1.54) is 38.3 Å². The van der Waals surface area contributed by atoms with Crippen LogP contribution in [0.5, 0.6) is 11.5 Å². The van der Waals surface area contributed by atoms with Crippen LogP contribution in [0.3, 0.4) is 0 Å². The summed E-state index contributed by atoms with van der Waals surface area (Å²) in [5.74, 6) is -7.86. The van der Waals surface area contributed by atoms with Crippen LogP contribution >= 0.6 is 23.2 Å². The molecule has 6 atom stereocenters. The first-order valence-electron chi connectivity index (χ1n) is 17.3. The van der Waals surface area contributed by atoms with Gasteiger partial charge in [-0.3, -0.25) is 34.3 Å². The maximum absolute atomic E-state index is 15.4. The summed E-state index contributed by atoms with van der Waals surface area (Å²) in [6.07, 6.45) is 2.00. The highest BCUT2D eigenvalue weighted by Crippen LogP contribution is 2.64. The molecule has 3 fully saturated rings. The van der Waals surface area contributed by atoms with E-state index in [0.29, 0.717) is 38.7 Å². The van der Waals surface area contributed by atoms with Crippen molar-refractivity contribution in [2.45, 2.75) is 31.1 Å². The minimum Gasteiger partial charge on any atom is -0.505 e. The topological polar surface area (TPSA) is 133 Å². The van der Waals surface area contributed by atoms with Gasteiger partial charge in [0, 0.05) is 16.5 Å². The van der Waals surface area contributed by atoms with Gasteiger partial charge in [-0.25, -0.2) is 4.39 Å². The zero-order chi connectivity index (χ0) is 38.2. The van der Waals surface area contributed by atoms with Crippen molar-refractivity contribution in [1.29, 1.82) is 0 Å². The van der Waals surface area contributed by atoms with E-state index in [4.69, 9.17) is 27.9 Å². The molecule has 2 saturated heterocycles. The predicted octanol–water partition coefficient (Wildman–Crippen LogP) is 7.24.